The van der Waals surface area contributed by atoms with Crippen LogP contribution in [0.1, 0.15) is 41.1 Å². The van der Waals surface area contributed by atoms with E-state index in [2.05, 4.69) is 26.2 Å². The fourth-order valence-electron chi connectivity index (χ4n) is 4.55. The Morgan fingerprint density at radius 2 is 2.12 bits per heavy atom. The van der Waals surface area contributed by atoms with Crippen molar-refractivity contribution in [1.82, 2.24) is 34.5 Å². The quantitative estimate of drug-likeness (QED) is 0.409. The van der Waals surface area contributed by atoms with Gasteiger partial charge in [-0.15, -0.1) is 0 Å². The molecule has 0 saturated carbocycles. The van der Waals surface area contributed by atoms with E-state index in [9.17, 15) is 9.65 Å². The number of hydrogen-bond donors (Lipinski definition) is 1. The molecule has 1 N–H and O–H groups in total. The number of nitrogens with one attached hydrogen (secondary N) is 1. The van der Waals surface area contributed by atoms with Crippen molar-refractivity contribution in [3.8, 4) is 23.0 Å². The summed E-state index contributed by atoms with van der Waals surface area (Å²) >= 11 is 0. The number of aromatic amines is 1. The smallest absolute Gasteiger partial charge is 0.156 e. The average Bonchev–Trinajstić information content (AvgIpc) is 3.49. The van der Waals surface area contributed by atoms with Crippen LogP contribution in [0.5, 0.6) is 0 Å². The van der Waals surface area contributed by atoms with Crippen molar-refractivity contribution >= 4 is 11.2 Å². The van der Waals surface area contributed by atoms with E-state index in [1.807, 2.05) is 23.9 Å². The highest BCUT2D eigenvalue weighted by molar-refractivity contribution is 5.81. The Kier molecular flexibility index (Phi) is 3.80. The Bertz CT molecular complexity index is 1560. The maximum Gasteiger partial charge on any atom is 0.156 e. The van der Waals surface area contributed by atoms with Crippen molar-refractivity contribution in [2.45, 2.75) is 19.3 Å². The maximum absolute atomic E-state index is 14.3. The molecule has 5 heterocycles. The number of aryl methyl sites for hydroxylation is 1. The monoisotopic (exact) mass is 424 g/mol. The lowest BCUT2D eigenvalue weighted by Crippen LogP contribution is -2.10. The van der Waals surface area contributed by atoms with Crippen LogP contribution < -0.4 is 0 Å². The molecule has 9 heteroatoms. The lowest BCUT2D eigenvalue weighted by molar-refractivity contribution is 0.622. The van der Waals surface area contributed by atoms with E-state index in [0.717, 1.165) is 22.5 Å². The van der Waals surface area contributed by atoms with Gasteiger partial charge in [-0.2, -0.15) is 15.5 Å². The van der Waals surface area contributed by atoms with Crippen molar-refractivity contribution in [2.75, 3.05) is 0 Å². The normalized spacial score (nSPS) is 14.9. The van der Waals surface area contributed by atoms with E-state index in [1.165, 1.54) is 6.07 Å². The van der Waals surface area contributed by atoms with Crippen molar-refractivity contribution in [3.63, 3.8) is 0 Å². The number of benzene rings is 1. The van der Waals surface area contributed by atoms with Crippen LogP contribution in [0.3, 0.4) is 0 Å². The van der Waals surface area contributed by atoms with Crippen LogP contribution in [0, 0.1) is 17.1 Å². The van der Waals surface area contributed by atoms with Crippen LogP contribution in [0.2, 0.25) is 0 Å². The van der Waals surface area contributed by atoms with Crippen molar-refractivity contribution in [1.29, 1.82) is 5.26 Å². The molecule has 8 nitrogen and oxygen atoms in total. The molecule has 1 unspecified atom stereocenters. The van der Waals surface area contributed by atoms with E-state index in [4.69, 9.17) is 4.98 Å². The third kappa shape index (κ3) is 2.53. The average molecular weight is 424 g/mol. The van der Waals surface area contributed by atoms with Gasteiger partial charge in [0.1, 0.15) is 23.1 Å². The first kappa shape index (κ1) is 18.4. The van der Waals surface area contributed by atoms with Crippen LogP contribution in [0.25, 0.3) is 28.1 Å². The van der Waals surface area contributed by atoms with Crippen LogP contribution in [0.4, 0.5) is 4.39 Å². The lowest BCUT2D eigenvalue weighted by atomic mass is 9.92. The van der Waals surface area contributed by atoms with E-state index < -0.39 is 0 Å². The number of aromatic nitrogens is 7. The molecule has 0 saturated heterocycles. The second kappa shape index (κ2) is 6.59. The molecule has 0 fully saturated rings. The molecule has 0 spiro atoms. The van der Waals surface area contributed by atoms with E-state index in [0.29, 0.717) is 40.2 Å². The summed E-state index contributed by atoms with van der Waals surface area (Å²) in [6, 6.07) is 8.90. The molecule has 0 aliphatic carbocycles. The standard InChI is InChI=1S/C23H17FN8/c1-12-15-7-13(24)3-4-19(15)32-14(5-6-28-32)8-17-21(20(9-25)31(2)30-17)18-11-27-23-22(29-18)16(12)10-26-23/h3-7,10-12H,8H2,1-2H3,(H,26,27). The molecule has 6 rings (SSSR count). The molecule has 1 atom stereocenters. The highest BCUT2D eigenvalue weighted by atomic mass is 19.1. The number of halogens is 1. The van der Waals surface area contributed by atoms with Crippen molar-refractivity contribution < 1.29 is 4.39 Å². The number of H-pyrrole nitrogens is 1. The molecule has 156 valence electrons. The van der Waals surface area contributed by atoms with Gasteiger partial charge in [0.15, 0.2) is 5.65 Å². The van der Waals surface area contributed by atoms with E-state index in [1.54, 1.807) is 36.3 Å². The Labute approximate surface area is 182 Å². The number of rotatable bonds is 0. The Hall–Kier alpha value is -4.32. The summed E-state index contributed by atoms with van der Waals surface area (Å²) in [5.74, 6) is -0.493. The van der Waals surface area contributed by atoms with Gasteiger partial charge in [-0.25, -0.2) is 19.0 Å². The van der Waals surface area contributed by atoms with Gasteiger partial charge in [0.2, 0.25) is 0 Å². The molecule has 1 aliphatic rings. The van der Waals surface area contributed by atoms with Crippen molar-refractivity contribution in [2.24, 2.45) is 7.05 Å². The van der Waals surface area contributed by atoms with Gasteiger partial charge in [-0.1, -0.05) is 6.92 Å². The van der Waals surface area contributed by atoms with Gasteiger partial charge in [-0.05, 0) is 29.8 Å². The predicted octanol–water partition coefficient (Wildman–Crippen LogP) is 3.61. The minimum atomic E-state index is -0.311. The predicted molar refractivity (Wildman–Crippen MR) is 115 cm³/mol. The third-order valence-corrected chi connectivity index (χ3v) is 6.11. The SMILES string of the molecule is CC1c2cc(F)ccc2-n2nccc2Cc2nn(C)c(C#N)c2-c2cnc3[nH]cc1c3n2. The van der Waals surface area contributed by atoms with Crippen LogP contribution >= 0.6 is 0 Å². The van der Waals surface area contributed by atoms with Crippen LogP contribution in [-0.4, -0.2) is 34.5 Å². The molecule has 0 radical (unpaired) electrons. The summed E-state index contributed by atoms with van der Waals surface area (Å²) in [5.41, 5.74) is 7.03. The molecule has 1 aliphatic heterocycles. The van der Waals surface area contributed by atoms with Crippen LogP contribution in [0.15, 0.2) is 42.9 Å². The second-order valence-corrected chi connectivity index (χ2v) is 7.94. The zero-order valence-electron chi connectivity index (χ0n) is 17.3. The number of fused-ring (bicyclic) bond motifs is 6. The first-order valence-electron chi connectivity index (χ1n) is 10.2. The first-order chi connectivity index (χ1) is 15.5. The zero-order chi connectivity index (χ0) is 22.0. The molecular formula is C23H17FN8. The molecular weight excluding hydrogens is 407 g/mol. The lowest BCUT2D eigenvalue weighted by Gasteiger charge is -2.18. The molecule has 32 heavy (non-hydrogen) atoms. The minimum absolute atomic E-state index is 0.181. The molecule has 5 aromatic rings. The summed E-state index contributed by atoms with van der Waals surface area (Å²) in [4.78, 5) is 12.6. The third-order valence-electron chi connectivity index (χ3n) is 6.11. The molecule has 2 bridgehead atoms. The number of hydrogen-bond acceptors (Lipinski definition) is 5. The molecule has 1 aromatic carbocycles. The Morgan fingerprint density at radius 3 is 2.97 bits per heavy atom. The Balaban J connectivity index is 1.74. The first-order valence-corrected chi connectivity index (χ1v) is 10.2. The summed E-state index contributed by atoms with van der Waals surface area (Å²) in [6.45, 7) is 2.01. The van der Waals surface area contributed by atoms with Gasteiger partial charge in [0.05, 0.1) is 34.5 Å². The number of nitriles is 1. The van der Waals surface area contributed by atoms with E-state index in [-0.39, 0.29) is 11.7 Å². The van der Waals surface area contributed by atoms with E-state index >= 15 is 0 Å². The maximum atomic E-state index is 14.3. The fourth-order valence-corrected chi connectivity index (χ4v) is 4.55. The summed E-state index contributed by atoms with van der Waals surface area (Å²) in [7, 11) is 1.74. The zero-order valence-corrected chi connectivity index (χ0v) is 17.3. The van der Waals surface area contributed by atoms with Gasteiger partial charge in [0.25, 0.3) is 0 Å². The number of nitrogens with zero attached hydrogens (tertiary/aromatic N) is 7. The van der Waals surface area contributed by atoms with Crippen molar-refractivity contribution in [3.05, 3.63) is 76.9 Å². The van der Waals surface area contributed by atoms with Crippen LogP contribution in [-0.2, 0) is 13.5 Å². The Morgan fingerprint density at radius 1 is 1.25 bits per heavy atom. The van der Waals surface area contributed by atoms with Gasteiger partial charge in [-0.3, -0.25) is 4.68 Å². The fraction of sp³-hybridized carbons (Fsp3) is 0.174. The second-order valence-electron chi connectivity index (χ2n) is 7.94. The molecule has 4 aromatic heterocycles. The summed E-state index contributed by atoms with van der Waals surface area (Å²) in [6.07, 6.45) is 5.66. The highest BCUT2D eigenvalue weighted by Crippen LogP contribution is 2.36. The summed E-state index contributed by atoms with van der Waals surface area (Å²) in [5, 5.41) is 19.0. The molecule has 0 amide bonds. The highest BCUT2D eigenvalue weighted by Gasteiger charge is 2.26. The van der Waals surface area contributed by atoms with Gasteiger partial charge >= 0.3 is 0 Å². The summed E-state index contributed by atoms with van der Waals surface area (Å²) < 4.78 is 17.7. The van der Waals surface area contributed by atoms with Gasteiger partial charge in [0, 0.05) is 37.3 Å². The van der Waals surface area contributed by atoms with Gasteiger partial charge < -0.3 is 4.98 Å². The largest absolute Gasteiger partial charge is 0.344 e. The topological polar surface area (TPSA) is 101 Å². The minimum Gasteiger partial charge on any atom is -0.344 e.